The monoisotopic (exact) mass is 314 g/mol. The lowest BCUT2D eigenvalue weighted by molar-refractivity contribution is 0.0952. The van der Waals surface area contributed by atoms with Crippen LogP contribution in [0.5, 0.6) is 0 Å². The molecule has 1 saturated carbocycles. The van der Waals surface area contributed by atoms with E-state index in [0.717, 1.165) is 29.9 Å². The average molecular weight is 314 g/mol. The van der Waals surface area contributed by atoms with Gasteiger partial charge < -0.3 is 9.88 Å². The van der Waals surface area contributed by atoms with Gasteiger partial charge in [-0.1, -0.05) is 0 Å². The largest absolute Gasteiger partial charge is 0.352 e. The lowest BCUT2D eigenvalue weighted by Gasteiger charge is -2.09. The molecule has 0 aliphatic heterocycles. The van der Waals surface area contributed by atoms with E-state index in [4.69, 9.17) is 0 Å². The summed E-state index contributed by atoms with van der Waals surface area (Å²) >= 11 is 0. The molecule has 1 amide bonds. The summed E-state index contributed by atoms with van der Waals surface area (Å²) in [6.07, 6.45) is 3.36. The SMILES string of the molecule is Cc1cc(C)n(CCCNC(=O)c2cc(C)n(C3CC3)c2C)n1. The number of carbonyl (C=O) groups is 1. The molecule has 0 saturated heterocycles. The molecule has 3 rings (SSSR count). The molecule has 5 nitrogen and oxygen atoms in total. The Morgan fingerprint density at radius 1 is 1.22 bits per heavy atom. The van der Waals surface area contributed by atoms with Gasteiger partial charge in [-0.3, -0.25) is 9.48 Å². The molecule has 5 heteroatoms. The van der Waals surface area contributed by atoms with Crippen molar-refractivity contribution < 1.29 is 4.79 Å². The van der Waals surface area contributed by atoms with Crippen molar-refractivity contribution in [3.8, 4) is 0 Å². The van der Waals surface area contributed by atoms with Crippen molar-refractivity contribution in [2.75, 3.05) is 6.54 Å². The van der Waals surface area contributed by atoms with Crippen LogP contribution in [-0.2, 0) is 6.54 Å². The molecular formula is C18H26N4O. The second kappa shape index (κ2) is 6.22. The van der Waals surface area contributed by atoms with Gasteiger partial charge in [0.2, 0.25) is 0 Å². The summed E-state index contributed by atoms with van der Waals surface area (Å²) in [5.74, 6) is 0.0402. The van der Waals surface area contributed by atoms with Gasteiger partial charge in [0, 0.05) is 36.2 Å². The van der Waals surface area contributed by atoms with E-state index in [1.807, 2.05) is 17.7 Å². The first-order valence-electron chi connectivity index (χ1n) is 8.45. The summed E-state index contributed by atoms with van der Waals surface area (Å²) in [5.41, 5.74) is 5.32. The molecule has 1 aliphatic rings. The van der Waals surface area contributed by atoms with E-state index in [1.54, 1.807) is 0 Å². The fourth-order valence-electron chi connectivity index (χ4n) is 3.33. The molecule has 0 unspecified atom stereocenters. The number of nitrogens with zero attached hydrogens (tertiary/aromatic N) is 3. The number of nitrogens with one attached hydrogen (secondary N) is 1. The van der Waals surface area contributed by atoms with E-state index in [2.05, 4.69) is 41.8 Å². The van der Waals surface area contributed by atoms with E-state index in [-0.39, 0.29) is 5.91 Å². The van der Waals surface area contributed by atoms with Gasteiger partial charge in [0.1, 0.15) is 0 Å². The minimum atomic E-state index is 0.0402. The van der Waals surface area contributed by atoms with Crippen LogP contribution in [0, 0.1) is 27.7 Å². The second-order valence-corrected chi connectivity index (χ2v) is 6.65. The molecule has 2 aromatic heterocycles. The Morgan fingerprint density at radius 3 is 2.57 bits per heavy atom. The van der Waals surface area contributed by atoms with Crippen molar-refractivity contribution in [1.82, 2.24) is 19.7 Å². The molecule has 0 radical (unpaired) electrons. The molecule has 23 heavy (non-hydrogen) atoms. The van der Waals surface area contributed by atoms with Gasteiger partial charge in [0.25, 0.3) is 5.91 Å². The third-order valence-electron chi connectivity index (χ3n) is 4.58. The summed E-state index contributed by atoms with van der Waals surface area (Å²) in [6, 6.07) is 4.71. The van der Waals surface area contributed by atoms with Crippen LogP contribution < -0.4 is 5.32 Å². The van der Waals surface area contributed by atoms with Crippen LogP contribution in [0.3, 0.4) is 0 Å². The summed E-state index contributed by atoms with van der Waals surface area (Å²) in [5, 5.41) is 7.48. The van der Waals surface area contributed by atoms with Crippen molar-refractivity contribution in [2.24, 2.45) is 0 Å². The van der Waals surface area contributed by atoms with E-state index in [1.165, 1.54) is 24.2 Å². The van der Waals surface area contributed by atoms with E-state index in [0.29, 0.717) is 12.6 Å². The molecule has 1 fully saturated rings. The third kappa shape index (κ3) is 3.33. The number of aryl methyl sites for hydroxylation is 4. The fourth-order valence-corrected chi connectivity index (χ4v) is 3.33. The van der Waals surface area contributed by atoms with Gasteiger partial charge in [-0.05, 0) is 59.1 Å². The zero-order chi connectivity index (χ0) is 16.6. The highest BCUT2D eigenvalue weighted by Gasteiger charge is 2.28. The molecule has 0 atom stereocenters. The van der Waals surface area contributed by atoms with Crippen LogP contribution in [0.2, 0.25) is 0 Å². The Kier molecular flexibility index (Phi) is 4.28. The molecule has 0 spiro atoms. The van der Waals surface area contributed by atoms with Crippen LogP contribution in [0.1, 0.15) is 58.4 Å². The molecule has 1 aliphatic carbocycles. The Hall–Kier alpha value is -2.04. The molecular weight excluding hydrogens is 288 g/mol. The van der Waals surface area contributed by atoms with Gasteiger partial charge >= 0.3 is 0 Å². The zero-order valence-corrected chi connectivity index (χ0v) is 14.5. The van der Waals surface area contributed by atoms with Gasteiger partial charge in [-0.25, -0.2) is 0 Å². The summed E-state index contributed by atoms with van der Waals surface area (Å²) in [4.78, 5) is 12.4. The highest BCUT2D eigenvalue weighted by atomic mass is 16.1. The lowest BCUT2D eigenvalue weighted by Crippen LogP contribution is -2.26. The number of rotatable bonds is 6. The zero-order valence-electron chi connectivity index (χ0n) is 14.5. The Bertz CT molecular complexity index is 722. The Balaban J connectivity index is 1.53. The van der Waals surface area contributed by atoms with E-state index < -0.39 is 0 Å². The maximum atomic E-state index is 12.4. The van der Waals surface area contributed by atoms with Gasteiger partial charge in [-0.15, -0.1) is 0 Å². The normalized spacial score (nSPS) is 14.3. The van der Waals surface area contributed by atoms with Crippen LogP contribution in [0.25, 0.3) is 0 Å². The molecule has 0 bridgehead atoms. The quantitative estimate of drug-likeness (QED) is 0.833. The number of hydrogen-bond acceptors (Lipinski definition) is 2. The number of aromatic nitrogens is 3. The fraction of sp³-hybridized carbons (Fsp3) is 0.556. The Labute approximate surface area is 137 Å². The van der Waals surface area contributed by atoms with Crippen molar-refractivity contribution in [1.29, 1.82) is 0 Å². The smallest absolute Gasteiger partial charge is 0.253 e. The minimum Gasteiger partial charge on any atom is -0.352 e. The number of hydrogen-bond donors (Lipinski definition) is 1. The van der Waals surface area contributed by atoms with Crippen molar-refractivity contribution in [3.05, 3.63) is 40.5 Å². The molecule has 124 valence electrons. The third-order valence-corrected chi connectivity index (χ3v) is 4.58. The predicted octanol–water partition coefficient (Wildman–Crippen LogP) is 3.07. The van der Waals surface area contributed by atoms with Gasteiger partial charge in [-0.2, -0.15) is 5.10 Å². The topological polar surface area (TPSA) is 51.9 Å². The maximum Gasteiger partial charge on any atom is 0.253 e. The van der Waals surface area contributed by atoms with Crippen LogP contribution >= 0.6 is 0 Å². The maximum absolute atomic E-state index is 12.4. The lowest BCUT2D eigenvalue weighted by atomic mass is 10.2. The first-order valence-corrected chi connectivity index (χ1v) is 8.45. The first-order chi connectivity index (χ1) is 11.0. The number of carbonyl (C=O) groups excluding carboxylic acids is 1. The number of amides is 1. The highest BCUT2D eigenvalue weighted by molar-refractivity contribution is 5.95. The van der Waals surface area contributed by atoms with Crippen LogP contribution in [0.4, 0.5) is 0 Å². The van der Waals surface area contributed by atoms with Crippen LogP contribution in [-0.4, -0.2) is 26.8 Å². The molecule has 2 heterocycles. The minimum absolute atomic E-state index is 0.0402. The Morgan fingerprint density at radius 2 is 1.96 bits per heavy atom. The summed E-state index contributed by atoms with van der Waals surface area (Å²) < 4.78 is 4.31. The van der Waals surface area contributed by atoms with Crippen molar-refractivity contribution in [3.63, 3.8) is 0 Å². The first kappa shape index (κ1) is 15.8. The average Bonchev–Trinajstić information content (AvgIpc) is 3.20. The second-order valence-electron chi connectivity index (χ2n) is 6.65. The van der Waals surface area contributed by atoms with Crippen LogP contribution in [0.15, 0.2) is 12.1 Å². The van der Waals surface area contributed by atoms with Gasteiger partial charge in [0.15, 0.2) is 0 Å². The van der Waals surface area contributed by atoms with E-state index >= 15 is 0 Å². The highest BCUT2D eigenvalue weighted by Crippen LogP contribution is 2.38. The molecule has 1 N–H and O–H groups in total. The van der Waals surface area contributed by atoms with Crippen molar-refractivity contribution in [2.45, 2.75) is 59.5 Å². The summed E-state index contributed by atoms with van der Waals surface area (Å²) in [6.45, 7) is 9.71. The van der Waals surface area contributed by atoms with Gasteiger partial charge in [0.05, 0.1) is 11.3 Å². The standard InChI is InChI=1S/C18H26N4O/c1-12-10-13(2)21(20-12)9-5-8-19-18(23)17-11-14(3)22(15(17)4)16-6-7-16/h10-11,16H,5-9H2,1-4H3,(H,19,23). The van der Waals surface area contributed by atoms with Crippen molar-refractivity contribution >= 4 is 5.91 Å². The predicted molar refractivity (Wildman–Crippen MR) is 90.8 cm³/mol. The summed E-state index contributed by atoms with van der Waals surface area (Å²) in [7, 11) is 0. The van der Waals surface area contributed by atoms with E-state index in [9.17, 15) is 4.79 Å². The molecule has 2 aromatic rings. The molecule has 0 aromatic carbocycles.